The van der Waals surface area contributed by atoms with Crippen LogP contribution in [0.2, 0.25) is 0 Å². The van der Waals surface area contributed by atoms with Crippen LogP contribution in [0.3, 0.4) is 0 Å². The second-order valence-corrected chi connectivity index (χ2v) is 7.40. The Bertz CT molecular complexity index is 513. The van der Waals surface area contributed by atoms with Gasteiger partial charge in [0, 0.05) is 33.3 Å². The van der Waals surface area contributed by atoms with Gasteiger partial charge in [-0.3, -0.25) is 4.90 Å². The first-order valence-electron chi connectivity index (χ1n) is 8.65. The molecule has 0 aromatic heterocycles. The summed E-state index contributed by atoms with van der Waals surface area (Å²) in [7, 11) is 1.79. The fraction of sp³-hybridized carbons (Fsp3) is 0.632. The molecule has 0 unspecified atom stereocenters. The van der Waals surface area contributed by atoms with E-state index in [2.05, 4.69) is 29.2 Å². The van der Waals surface area contributed by atoms with E-state index in [1.54, 1.807) is 11.9 Å². The van der Waals surface area contributed by atoms with Crippen LogP contribution in [0.4, 0.5) is 4.79 Å². The van der Waals surface area contributed by atoms with Gasteiger partial charge in [0.25, 0.3) is 0 Å². The predicted octanol–water partition coefficient (Wildman–Crippen LogP) is 3.14. The molecule has 1 aromatic rings. The Balaban J connectivity index is 1.99. The lowest BCUT2D eigenvalue weighted by Crippen LogP contribution is -2.47. The number of benzene rings is 1. The number of ether oxygens (including phenoxy) is 2. The Kier molecular flexibility index (Phi) is 6.63. The van der Waals surface area contributed by atoms with Crippen molar-refractivity contribution in [2.24, 2.45) is 0 Å². The second-order valence-electron chi connectivity index (χ2n) is 7.40. The molecule has 1 fully saturated rings. The van der Waals surface area contributed by atoms with Gasteiger partial charge in [0.15, 0.2) is 0 Å². The van der Waals surface area contributed by atoms with Crippen molar-refractivity contribution in [3.63, 3.8) is 0 Å². The van der Waals surface area contributed by atoms with Crippen molar-refractivity contribution < 1.29 is 14.3 Å². The number of rotatable bonds is 4. The van der Waals surface area contributed by atoms with Gasteiger partial charge < -0.3 is 14.4 Å². The van der Waals surface area contributed by atoms with Gasteiger partial charge in [0.05, 0.1) is 12.6 Å². The van der Waals surface area contributed by atoms with E-state index in [1.807, 2.05) is 26.8 Å². The molecule has 0 radical (unpaired) electrons. The summed E-state index contributed by atoms with van der Waals surface area (Å²) < 4.78 is 11.2. The van der Waals surface area contributed by atoms with Crippen LogP contribution in [-0.2, 0) is 16.0 Å². The molecule has 0 aliphatic carbocycles. The highest BCUT2D eigenvalue weighted by Crippen LogP contribution is 2.15. The molecule has 0 N–H and O–H groups in total. The Hall–Kier alpha value is -1.59. The standard InChI is InChI=1S/C19H30N2O3/c1-19(2,3)24-18(22)20(4)14-17-15-23-12-8-11-21(17)13-16-9-6-5-7-10-16/h5-7,9-10,17H,8,11-15H2,1-4H3/t17-/m1/s1. The zero-order valence-corrected chi connectivity index (χ0v) is 15.3. The average Bonchev–Trinajstić information content (AvgIpc) is 2.72. The number of carbonyl (C=O) groups excluding carboxylic acids is 1. The normalized spacial score (nSPS) is 19.6. The molecule has 0 saturated carbocycles. The van der Waals surface area contributed by atoms with E-state index >= 15 is 0 Å². The van der Waals surface area contributed by atoms with Crippen LogP contribution in [0.1, 0.15) is 32.8 Å². The minimum atomic E-state index is -0.477. The van der Waals surface area contributed by atoms with Crippen LogP contribution < -0.4 is 0 Å². The monoisotopic (exact) mass is 334 g/mol. The van der Waals surface area contributed by atoms with Crippen LogP contribution in [0, 0.1) is 0 Å². The number of amides is 1. The van der Waals surface area contributed by atoms with E-state index in [0.29, 0.717) is 13.2 Å². The molecule has 1 atom stereocenters. The Morgan fingerprint density at radius 2 is 2.04 bits per heavy atom. The fourth-order valence-corrected chi connectivity index (χ4v) is 2.80. The highest BCUT2D eigenvalue weighted by atomic mass is 16.6. The molecule has 1 aromatic carbocycles. The summed E-state index contributed by atoms with van der Waals surface area (Å²) in [5.41, 5.74) is 0.805. The first-order valence-corrected chi connectivity index (χ1v) is 8.65. The molecule has 1 amide bonds. The second kappa shape index (κ2) is 8.49. The quantitative estimate of drug-likeness (QED) is 0.848. The van der Waals surface area contributed by atoms with Crippen LogP contribution in [-0.4, -0.2) is 60.9 Å². The molecule has 1 heterocycles. The van der Waals surface area contributed by atoms with Gasteiger partial charge in [-0.1, -0.05) is 30.3 Å². The Morgan fingerprint density at radius 1 is 1.33 bits per heavy atom. The highest BCUT2D eigenvalue weighted by Gasteiger charge is 2.26. The van der Waals surface area contributed by atoms with Crippen LogP contribution in [0.25, 0.3) is 0 Å². The smallest absolute Gasteiger partial charge is 0.410 e. The molecular weight excluding hydrogens is 304 g/mol. The van der Waals surface area contributed by atoms with Crippen molar-refractivity contribution >= 4 is 6.09 Å². The molecule has 134 valence electrons. The molecule has 1 aliphatic rings. The predicted molar refractivity (Wildman–Crippen MR) is 94.9 cm³/mol. The van der Waals surface area contributed by atoms with E-state index in [4.69, 9.17) is 9.47 Å². The lowest BCUT2D eigenvalue weighted by molar-refractivity contribution is 0.0192. The van der Waals surface area contributed by atoms with Gasteiger partial charge >= 0.3 is 6.09 Å². The summed E-state index contributed by atoms with van der Waals surface area (Å²) in [6.07, 6.45) is 0.728. The van der Waals surface area contributed by atoms with E-state index in [9.17, 15) is 4.79 Å². The minimum absolute atomic E-state index is 0.172. The van der Waals surface area contributed by atoms with E-state index in [-0.39, 0.29) is 12.1 Å². The fourth-order valence-electron chi connectivity index (χ4n) is 2.80. The highest BCUT2D eigenvalue weighted by molar-refractivity contribution is 5.67. The zero-order chi connectivity index (χ0) is 17.6. The van der Waals surface area contributed by atoms with Crippen molar-refractivity contribution in [2.45, 2.75) is 45.4 Å². The summed E-state index contributed by atoms with van der Waals surface area (Å²) in [5.74, 6) is 0. The van der Waals surface area contributed by atoms with E-state index < -0.39 is 5.60 Å². The third-order valence-corrected chi connectivity index (χ3v) is 3.98. The molecule has 1 aliphatic heterocycles. The first-order chi connectivity index (χ1) is 11.3. The molecule has 2 rings (SSSR count). The maximum Gasteiger partial charge on any atom is 0.410 e. The summed E-state index contributed by atoms with van der Waals surface area (Å²) in [4.78, 5) is 16.3. The summed E-state index contributed by atoms with van der Waals surface area (Å²) in [6, 6.07) is 10.6. The van der Waals surface area contributed by atoms with Crippen LogP contribution in [0.15, 0.2) is 30.3 Å². The van der Waals surface area contributed by atoms with Crippen molar-refractivity contribution in [1.82, 2.24) is 9.80 Å². The summed E-state index contributed by atoms with van der Waals surface area (Å²) in [6.45, 7) is 9.51. The average molecular weight is 334 g/mol. The molecular formula is C19H30N2O3. The Labute approximate surface area is 145 Å². The van der Waals surface area contributed by atoms with Gasteiger partial charge in [-0.05, 0) is 32.8 Å². The topological polar surface area (TPSA) is 42.0 Å². The SMILES string of the molecule is CN(C[C@@H]1COCCCN1Cc1ccccc1)C(=O)OC(C)(C)C. The number of carbonyl (C=O) groups is 1. The van der Waals surface area contributed by atoms with Gasteiger partial charge in [-0.25, -0.2) is 4.79 Å². The summed E-state index contributed by atoms with van der Waals surface area (Å²) >= 11 is 0. The number of hydrogen-bond acceptors (Lipinski definition) is 4. The molecule has 0 spiro atoms. The van der Waals surface area contributed by atoms with Crippen molar-refractivity contribution in [3.8, 4) is 0 Å². The van der Waals surface area contributed by atoms with E-state index in [0.717, 1.165) is 26.1 Å². The van der Waals surface area contributed by atoms with Gasteiger partial charge in [0.1, 0.15) is 5.60 Å². The molecule has 24 heavy (non-hydrogen) atoms. The van der Waals surface area contributed by atoms with Crippen molar-refractivity contribution in [1.29, 1.82) is 0 Å². The van der Waals surface area contributed by atoms with Crippen LogP contribution in [0.5, 0.6) is 0 Å². The van der Waals surface area contributed by atoms with Crippen LogP contribution >= 0.6 is 0 Å². The first kappa shape index (κ1) is 18.7. The molecule has 5 heteroatoms. The number of hydrogen-bond donors (Lipinski definition) is 0. The van der Waals surface area contributed by atoms with Crippen molar-refractivity contribution in [2.75, 3.05) is 33.4 Å². The largest absolute Gasteiger partial charge is 0.444 e. The third-order valence-electron chi connectivity index (χ3n) is 3.98. The zero-order valence-electron chi connectivity index (χ0n) is 15.3. The number of likely N-dealkylation sites (N-methyl/N-ethyl adjacent to an activating group) is 1. The van der Waals surface area contributed by atoms with E-state index in [1.165, 1.54) is 5.56 Å². The molecule has 1 saturated heterocycles. The lowest BCUT2D eigenvalue weighted by atomic mass is 10.1. The number of nitrogens with zero attached hydrogens (tertiary/aromatic N) is 2. The molecule has 0 bridgehead atoms. The maximum atomic E-state index is 12.2. The Morgan fingerprint density at radius 3 is 2.71 bits per heavy atom. The maximum absolute atomic E-state index is 12.2. The third kappa shape index (κ3) is 6.13. The van der Waals surface area contributed by atoms with Gasteiger partial charge in [0.2, 0.25) is 0 Å². The summed E-state index contributed by atoms with van der Waals surface area (Å²) in [5, 5.41) is 0. The van der Waals surface area contributed by atoms with Gasteiger partial charge in [-0.2, -0.15) is 0 Å². The van der Waals surface area contributed by atoms with Crippen molar-refractivity contribution in [3.05, 3.63) is 35.9 Å². The van der Waals surface area contributed by atoms with Gasteiger partial charge in [-0.15, -0.1) is 0 Å². The molecule has 5 nitrogen and oxygen atoms in total. The lowest BCUT2D eigenvalue weighted by Gasteiger charge is -2.33. The minimum Gasteiger partial charge on any atom is -0.444 e.